The van der Waals surface area contributed by atoms with Crippen molar-refractivity contribution in [3.05, 3.63) is 48.0 Å². The van der Waals surface area contributed by atoms with E-state index in [0.717, 1.165) is 56.5 Å². The normalized spacial score (nSPS) is 17.3. The minimum atomic E-state index is -0.239. The van der Waals surface area contributed by atoms with Crippen LogP contribution in [0.4, 0.5) is 4.39 Å². The Morgan fingerprint density at radius 1 is 1.21 bits per heavy atom. The van der Waals surface area contributed by atoms with E-state index in [9.17, 15) is 4.39 Å². The van der Waals surface area contributed by atoms with Crippen LogP contribution < -0.4 is 5.32 Å². The highest BCUT2D eigenvalue weighted by molar-refractivity contribution is 5.80. The first kappa shape index (κ1) is 21.3. The molecule has 0 aliphatic carbocycles. The van der Waals surface area contributed by atoms with Gasteiger partial charge in [-0.15, -0.1) is 0 Å². The van der Waals surface area contributed by atoms with Crippen LogP contribution in [0.5, 0.6) is 0 Å². The molecule has 1 unspecified atom stereocenters. The van der Waals surface area contributed by atoms with Gasteiger partial charge < -0.3 is 10.2 Å². The lowest BCUT2D eigenvalue weighted by Gasteiger charge is -2.27. The molecule has 1 N–H and O–H groups in total. The van der Waals surface area contributed by atoms with Crippen molar-refractivity contribution in [2.75, 3.05) is 39.3 Å². The molecule has 0 spiro atoms. The molecule has 1 fully saturated rings. The molecule has 1 aromatic heterocycles. The molecule has 1 aliphatic rings. The van der Waals surface area contributed by atoms with Gasteiger partial charge in [0.05, 0.1) is 11.4 Å². The second kappa shape index (κ2) is 10.4. The second-order valence-corrected chi connectivity index (χ2v) is 7.32. The summed E-state index contributed by atoms with van der Waals surface area (Å²) in [6, 6.07) is 8.97. The molecule has 0 saturated carbocycles. The number of nitrogens with one attached hydrogen (secondary N) is 1. The van der Waals surface area contributed by atoms with Gasteiger partial charge in [0.1, 0.15) is 5.82 Å². The molecule has 1 atom stereocenters. The Morgan fingerprint density at radius 2 is 1.97 bits per heavy atom. The number of nitrogens with zero attached hydrogens (tertiary/aromatic N) is 5. The van der Waals surface area contributed by atoms with Gasteiger partial charge in [-0.1, -0.05) is 13.8 Å². The lowest BCUT2D eigenvalue weighted by molar-refractivity contribution is 0.223. The third-order valence-corrected chi connectivity index (χ3v) is 5.49. The van der Waals surface area contributed by atoms with Crippen molar-refractivity contribution in [3.63, 3.8) is 0 Å². The van der Waals surface area contributed by atoms with Gasteiger partial charge in [0, 0.05) is 44.8 Å². The summed E-state index contributed by atoms with van der Waals surface area (Å²) in [5, 5.41) is 8.03. The summed E-state index contributed by atoms with van der Waals surface area (Å²) in [5.41, 5.74) is 1.84. The van der Waals surface area contributed by atoms with Crippen LogP contribution in [-0.4, -0.2) is 70.9 Å². The Bertz CT molecular complexity index is 781. The Hall–Kier alpha value is -2.41. The highest BCUT2D eigenvalue weighted by Gasteiger charge is 2.27. The van der Waals surface area contributed by atoms with Gasteiger partial charge in [0.15, 0.2) is 5.96 Å². The number of likely N-dealkylation sites (tertiary alicyclic amines) is 1. The van der Waals surface area contributed by atoms with Crippen LogP contribution in [0, 0.1) is 5.82 Å². The third-order valence-electron chi connectivity index (χ3n) is 5.49. The number of halogens is 1. The van der Waals surface area contributed by atoms with E-state index >= 15 is 0 Å². The molecule has 7 heteroatoms. The molecule has 1 saturated heterocycles. The summed E-state index contributed by atoms with van der Waals surface area (Å²) in [6.45, 7) is 12.4. The summed E-state index contributed by atoms with van der Waals surface area (Å²) in [5.74, 6) is 0.761. The van der Waals surface area contributed by atoms with Crippen LogP contribution in [0.2, 0.25) is 0 Å². The lowest BCUT2D eigenvalue weighted by Crippen LogP contribution is -2.43. The maximum atomic E-state index is 13.1. The first-order valence-corrected chi connectivity index (χ1v) is 10.7. The van der Waals surface area contributed by atoms with E-state index in [1.165, 1.54) is 18.6 Å². The number of aromatic nitrogens is 2. The first-order chi connectivity index (χ1) is 14.1. The molecule has 0 bridgehead atoms. The summed E-state index contributed by atoms with van der Waals surface area (Å²) in [6.07, 6.45) is 3.87. The lowest BCUT2D eigenvalue weighted by atomic mass is 10.2. The van der Waals surface area contributed by atoms with E-state index in [4.69, 9.17) is 4.99 Å². The molecule has 1 aromatic carbocycles. The smallest absolute Gasteiger partial charge is 0.193 e. The molecule has 2 heterocycles. The minimum Gasteiger partial charge on any atom is -0.357 e. The Balaban J connectivity index is 1.58. The van der Waals surface area contributed by atoms with Crippen molar-refractivity contribution >= 4 is 5.96 Å². The van der Waals surface area contributed by atoms with Crippen molar-refractivity contribution < 1.29 is 4.39 Å². The predicted molar refractivity (Wildman–Crippen MR) is 116 cm³/mol. The fourth-order valence-corrected chi connectivity index (χ4v) is 3.91. The monoisotopic (exact) mass is 400 g/mol. The molecule has 0 amide bonds. The topological polar surface area (TPSA) is 48.7 Å². The zero-order valence-corrected chi connectivity index (χ0v) is 17.8. The second-order valence-electron chi connectivity index (χ2n) is 7.32. The van der Waals surface area contributed by atoms with Crippen LogP contribution in [0.15, 0.2) is 41.5 Å². The van der Waals surface area contributed by atoms with Crippen LogP contribution >= 0.6 is 0 Å². The van der Waals surface area contributed by atoms with Gasteiger partial charge in [0.2, 0.25) is 0 Å². The molecular formula is C22H33FN6. The minimum absolute atomic E-state index is 0.239. The fourth-order valence-electron chi connectivity index (χ4n) is 3.91. The van der Waals surface area contributed by atoms with Gasteiger partial charge in [-0.25, -0.2) is 9.07 Å². The quantitative estimate of drug-likeness (QED) is 0.547. The standard InChI is InChI=1S/C22H33FN6/c1-4-24-22(28-15-13-21(17-28)27(5-2)6-3)25-14-11-19-12-16-29(26-19)20-9-7-18(23)8-10-20/h7-10,12,16,21H,4-6,11,13-15,17H2,1-3H3,(H,24,25). The van der Waals surface area contributed by atoms with E-state index in [2.05, 4.69) is 41.0 Å². The molecule has 158 valence electrons. The van der Waals surface area contributed by atoms with Crippen molar-refractivity contribution in [3.8, 4) is 5.69 Å². The summed E-state index contributed by atoms with van der Waals surface area (Å²) >= 11 is 0. The summed E-state index contributed by atoms with van der Waals surface area (Å²) in [4.78, 5) is 9.76. The molecular weight excluding hydrogens is 367 g/mol. The average molecular weight is 401 g/mol. The van der Waals surface area contributed by atoms with Crippen LogP contribution in [0.3, 0.4) is 0 Å². The summed E-state index contributed by atoms with van der Waals surface area (Å²) < 4.78 is 14.9. The first-order valence-electron chi connectivity index (χ1n) is 10.7. The number of aliphatic imine (C=N–C) groups is 1. The third kappa shape index (κ3) is 5.56. The summed E-state index contributed by atoms with van der Waals surface area (Å²) in [7, 11) is 0. The van der Waals surface area contributed by atoms with Crippen LogP contribution in [0.1, 0.15) is 32.9 Å². The number of benzene rings is 1. The molecule has 1 aliphatic heterocycles. The average Bonchev–Trinajstić information content (AvgIpc) is 3.39. The molecule has 0 radical (unpaired) electrons. The van der Waals surface area contributed by atoms with E-state index in [1.807, 2.05) is 12.3 Å². The zero-order valence-electron chi connectivity index (χ0n) is 17.8. The van der Waals surface area contributed by atoms with Gasteiger partial charge in [-0.3, -0.25) is 9.89 Å². The van der Waals surface area contributed by atoms with Gasteiger partial charge >= 0.3 is 0 Å². The molecule has 6 nitrogen and oxygen atoms in total. The fraction of sp³-hybridized carbons (Fsp3) is 0.545. The Labute approximate surface area is 173 Å². The number of rotatable bonds is 8. The van der Waals surface area contributed by atoms with Crippen LogP contribution in [0.25, 0.3) is 5.69 Å². The van der Waals surface area contributed by atoms with Crippen molar-refractivity contribution in [1.29, 1.82) is 0 Å². The van der Waals surface area contributed by atoms with E-state index in [1.54, 1.807) is 16.8 Å². The van der Waals surface area contributed by atoms with E-state index in [-0.39, 0.29) is 5.82 Å². The maximum absolute atomic E-state index is 13.1. The Morgan fingerprint density at radius 3 is 2.66 bits per heavy atom. The number of guanidine groups is 1. The van der Waals surface area contributed by atoms with Crippen molar-refractivity contribution in [2.45, 2.75) is 39.7 Å². The predicted octanol–water partition coefficient (Wildman–Crippen LogP) is 2.94. The van der Waals surface area contributed by atoms with Gasteiger partial charge in [0.25, 0.3) is 0 Å². The zero-order chi connectivity index (χ0) is 20.6. The van der Waals surface area contributed by atoms with E-state index in [0.29, 0.717) is 12.6 Å². The molecule has 3 rings (SSSR count). The highest BCUT2D eigenvalue weighted by atomic mass is 19.1. The number of hydrogen-bond acceptors (Lipinski definition) is 3. The molecule has 29 heavy (non-hydrogen) atoms. The number of likely N-dealkylation sites (N-methyl/N-ethyl adjacent to an activating group) is 1. The van der Waals surface area contributed by atoms with Gasteiger partial charge in [-0.2, -0.15) is 5.10 Å². The van der Waals surface area contributed by atoms with Crippen molar-refractivity contribution in [2.24, 2.45) is 4.99 Å². The van der Waals surface area contributed by atoms with E-state index < -0.39 is 0 Å². The Kier molecular flexibility index (Phi) is 7.63. The van der Waals surface area contributed by atoms with Gasteiger partial charge in [-0.05, 0) is 56.8 Å². The van der Waals surface area contributed by atoms with Crippen molar-refractivity contribution in [1.82, 2.24) is 24.9 Å². The highest BCUT2D eigenvalue weighted by Crippen LogP contribution is 2.16. The largest absolute Gasteiger partial charge is 0.357 e. The number of hydrogen-bond donors (Lipinski definition) is 1. The van der Waals surface area contributed by atoms with Crippen LogP contribution in [-0.2, 0) is 6.42 Å². The maximum Gasteiger partial charge on any atom is 0.193 e. The molecule has 2 aromatic rings. The SMILES string of the molecule is CCNC(=NCCc1ccn(-c2ccc(F)cc2)n1)N1CCC(N(CC)CC)C1.